The molecule has 0 bridgehead atoms. The summed E-state index contributed by atoms with van der Waals surface area (Å²) in [7, 11) is 0. The molecule has 5 nitrogen and oxygen atoms in total. The van der Waals surface area contributed by atoms with Crippen molar-refractivity contribution < 1.29 is 0 Å². The predicted molar refractivity (Wildman–Crippen MR) is 94.6 cm³/mol. The molecule has 0 aromatic carbocycles. The number of nitrogens with one attached hydrogen (secondary N) is 1. The average Bonchev–Trinajstić information content (AvgIpc) is 2.54. The molecule has 2 aromatic heterocycles. The van der Waals surface area contributed by atoms with E-state index in [4.69, 9.17) is 5.41 Å². The van der Waals surface area contributed by atoms with Crippen LogP contribution in [-0.2, 0) is 12.0 Å². The van der Waals surface area contributed by atoms with Crippen LogP contribution in [0, 0.1) is 22.7 Å². The van der Waals surface area contributed by atoms with E-state index < -0.39 is 0 Å². The van der Waals surface area contributed by atoms with Crippen LogP contribution in [0.3, 0.4) is 0 Å². The maximum absolute atomic E-state index is 9.56. The van der Waals surface area contributed by atoms with Gasteiger partial charge in [-0.05, 0) is 18.1 Å². The number of nitrogens with zero attached hydrogens (tertiary/aromatic N) is 4. The molecule has 0 spiro atoms. The van der Waals surface area contributed by atoms with E-state index in [-0.39, 0.29) is 10.9 Å². The topological polar surface area (TPSA) is 78.3 Å². The van der Waals surface area contributed by atoms with E-state index in [0.29, 0.717) is 17.2 Å². The van der Waals surface area contributed by atoms with E-state index in [1.807, 2.05) is 16.7 Å². The van der Waals surface area contributed by atoms with Gasteiger partial charge in [0.15, 0.2) is 5.16 Å². The van der Waals surface area contributed by atoms with Crippen molar-refractivity contribution in [3.63, 3.8) is 0 Å². The van der Waals surface area contributed by atoms with E-state index in [9.17, 15) is 5.26 Å². The molecule has 3 rings (SSSR count). The van der Waals surface area contributed by atoms with Crippen LogP contribution < -0.4 is 5.49 Å². The first kappa shape index (κ1) is 16.7. The Morgan fingerprint density at radius 1 is 1.38 bits per heavy atom. The minimum atomic E-state index is -0.0255. The van der Waals surface area contributed by atoms with E-state index in [2.05, 4.69) is 43.7 Å². The van der Waals surface area contributed by atoms with Crippen molar-refractivity contribution >= 4 is 11.8 Å². The van der Waals surface area contributed by atoms with Gasteiger partial charge in [-0.1, -0.05) is 39.5 Å². The van der Waals surface area contributed by atoms with Gasteiger partial charge in [-0.15, -0.1) is 0 Å². The number of fused-ring (bicyclic) bond motifs is 1. The molecule has 1 aliphatic rings. The third kappa shape index (κ3) is 2.96. The maximum atomic E-state index is 9.56. The average molecular weight is 339 g/mol. The summed E-state index contributed by atoms with van der Waals surface area (Å²) in [6.07, 6.45) is 1.76. The lowest BCUT2D eigenvalue weighted by Gasteiger charge is -2.24. The van der Waals surface area contributed by atoms with Gasteiger partial charge in [-0.2, -0.15) is 5.26 Å². The van der Waals surface area contributed by atoms with Gasteiger partial charge in [-0.3, -0.25) is 10.4 Å². The predicted octanol–water partition coefficient (Wildman–Crippen LogP) is 3.34. The second-order valence-electron chi connectivity index (χ2n) is 7.29. The highest BCUT2D eigenvalue weighted by Gasteiger charge is 2.22. The Labute approximate surface area is 146 Å². The first-order valence-corrected chi connectivity index (χ1v) is 8.99. The molecule has 0 radical (unpaired) electrons. The summed E-state index contributed by atoms with van der Waals surface area (Å²) >= 11 is 1.65. The second-order valence-corrected chi connectivity index (χ2v) is 8.27. The lowest BCUT2D eigenvalue weighted by atomic mass is 9.91. The van der Waals surface area contributed by atoms with Gasteiger partial charge in [0.2, 0.25) is 0 Å². The molecule has 0 fully saturated rings. The monoisotopic (exact) mass is 339 g/mol. The summed E-state index contributed by atoms with van der Waals surface area (Å²) in [6, 6.07) is 6.09. The quantitative estimate of drug-likeness (QED) is 0.808. The smallest absolute Gasteiger partial charge is 0.170 e. The van der Waals surface area contributed by atoms with Crippen molar-refractivity contribution in [2.45, 2.75) is 44.8 Å². The van der Waals surface area contributed by atoms with Crippen molar-refractivity contribution in [3.05, 3.63) is 35.1 Å². The summed E-state index contributed by atoms with van der Waals surface area (Å²) < 4.78 is 1.85. The molecule has 0 saturated heterocycles. The number of hydrogen-bond acceptors (Lipinski definition) is 5. The first-order chi connectivity index (χ1) is 11.3. The number of pyridine rings is 1. The van der Waals surface area contributed by atoms with Crippen LogP contribution in [0.5, 0.6) is 0 Å². The SMILES string of the molecule is CC1CSc2nc(-c3ccc(C(C)(C)C)nc3)c(C#N)c(=N)n2C1. The molecular weight excluding hydrogens is 318 g/mol. The molecule has 3 heterocycles. The van der Waals surface area contributed by atoms with Crippen molar-refractivity contribution in [3.8, 4) is 17.3 Å². The maximum Gasteiger partial charge on any atom is 0.170 e. The molecular formula is C18H21N5S. The van der Waals surface area contributed by atoms with Crippen LogP contribution in [0.25, 0.3) is 11.3 Å². The number of hydrogen-bond donors (Lipinski definition) is 1. The Hall–Kier alpha value is -2.13. The first-order valence-electron chi connectivity index (χ1n) is 8.00. The standard InChI is InChI=1S/C18H21N5S/c1-11-9-23-16(20)13(7-19)15(22-17(23)24-10-11)12-5-6-14(21-8-12)18(2,3)4/h5-6,8,11,20H,9-10H2,1-4H3. The molecule has 6 heteroatoms. The van der Waals surface area contributed by atoms with Gasteiger partial charge in [0.25, 0.3) is 0 Å². The van der Waals surface area contributed by atoms with Gasteiger partial charge < -0.3 is 4.57 Å². The zero-order chi connectivity index (χ0) is 17.5. The second kappa shape index (κ2) is 6.06. The Morgan fingerprint density at radius 2 is 2.12 bits per heavy atom. The molecule has 1 N–H and O–H groups in total. The van der Waals surface area contributed by atoms with Gasteiger partial charge >= 0.3 is 0 Å². The highest BCUT2D eigenvalue weighted by atomic mass is 32.2. The summed E-state index contributed by atoms with van der Waals surface area (Å²) in [4.78, 5) is 9.22. The van der Waals surface area contributed by atoms with Gasteiger partial charge in [0.1, 0.15) is 17.1 Å². The third-order valence-corrected chi connectivity index (χ3v) is 5.40. The molecule has 1 atom stereocenters. The van der Waals surface area contributed by atoms with Gasteiger partial charge in [0.05, 0.1) is 5.69 Å². The zero-order valence-corrected chi connectivity index (χ0v) is 15.2. The van der Waals surface area contributed by atoms with E-state index in [1.165, 1.54) is 0 Å². The summed E-state index contributed by atoms with van der Waals surface area (Å²) in [5, 5.41) is 18.8. The number of nitriles is 1. The van der Waals surface area contributed by atoms with Crippen LogP contribution in [0.15, 0.2) is 23.5 Å². The summed E-state index contributed by atoms with van der Waals surface area (Å²) in [5.74, 6) is 1.46. The Balaban J connectivity index is 2.14. The summed E-state index contributed by atoms with van der Waals surface area (Å²) in [5.41, 5.74) is 2.88. The molecule has 124 valence electrons. The normalized spacial score (nSPS) is 17.2. The number of rotatable bonds is 1. The molecule has 0 aliphatic carbocycles. The van der Waals surface area contributed by atoms with E-state index in [0.717, 1.165) is 28.7 Å². The van der Waals surface area contributed by atoms with Crippen LogP contribution in [0.2, 0.25) is 0 Å². The van der Waals surface area contributed by atoms with Crippen molar-refractivity contribution in [2.24, 2.45) is 5.92 Å². The van der Waals surface area contributed by atoms with Crippen molar-refractivity contribution in [1.29, 1.82) is 10.7 Å². The third-order valence-electron chi connectivity index (χ3n) is 4.09. The highest BCUT2D eigenvalue weighted by Crippen LogP contribution is 2.29. The fourth-order valence-electron chi connectivity index (χ4n) is 2.71. The van der Waals surface area contributed by atoms with E-state index in [1.54, 1.807) is 18.0 Å². The van der Waals surface area contributed by atoms with E-state index >= 15 is 0 Å². The molecule has 0 saturated carbocycles. The minimum absolute atomic E-state index is 0.0255. The van der Waals surface area contributed by atoms with Crippen LogP contribution in [-0.4, -0.2) is 20.3 Å². The Kier molecular flexibility index (Phi) is 4.22. The highest BCUT2D eigenvalue weighted by molar-refractivity contribution is 7.99. The molecule has 0 amide bonds. The van der Waals surface area contributed by atoms with Crippen molar-refractivity contribution in [2.75, 3.05) is 5.75 Å². The largest absolute Gasteiger partial charge is 0.304 e. The van der Waals surface area contributed by atoms with Gasteiger partial charge in [0, 0.05) is 35.2 Å². The zero-order valence-electron chi connectivity index (χ0n) is 14.4. The molecule has 1 unspecified atom stereocenters. The van der Waals surface area contributed by atoms with Crippen LogP contribution in [0.1, 0.15) is 39.0 Å². The van der Waals surface area contributed by atoms with Crippen LogP contribution in [0.4, 0.5) is 0 Å². The fraction of sp³-hybridized carbons (Fsp3) is 0.444. The Morgan fingerprint density at radius 3 is 2.71 bits per heavy atom. The van der Waals surface area contributed by atoms with Crippen molar-refractivity contribution in [1.82, 2.24) is 14.5 Å². The van der Waals surface area contributed by atoms with Crippen LogP contribution >= 0.6 is 11.8 Å². The lowest BCUT2D eigenvalue weighted by molar-refractivity contribution is 0.452. The molecule has 2 aromatic rings. The fourth-order valence-corrected chi connectivity index (χ4v) is 3.72. The summed E-state index contributed by atoms with van der Waals surface area (Å²) in [6.45, 7) is 9.23. The lowest BCUT2D eigenvalue weighted by Crippen LogP contribution is -2.32. The minimum Gasteiger partial charge on any atom is -0.304 e. The van der Waals surface area contributed by atoms with Gasteiger partial charge in [-0.25, -0.2) is 4.98 Å². The molecule has 1 aliphatic heterocycles. The molecule has 24 heavy (non-hydrogen) atoms. The Bertz CT molecular complexity index is 868. The number of aromatic nitrogens is 3. The number of thioether (sulfide) groups is 1.